The molecule has 15 heavy (non-hydrogen) atoms. The molecule has 0 N–H and O–H groups in total. The maximum absolute atomic E-state index is 11.4. The van der Waals surface area contributed by atoms with Gasteiger partial charge in [0.1, 0.15) is 5.69 Å². The van der Waals surface area contributed by atoms with Gasteiger partial charge in [0.05, 0.1) is 26.8 Å². The largest absolute Gasteiger partial charge is 0.469 e. The van der Waals surface area contributed by atoms with Gasteiger partial charge in [-0.05, 0) is 0 Å². The van der Waals surface area contributed by atoms with E-state index in [0.29, 0.717) is 5.56 Å². The minimum Gasteiger partial charge on any atom is -0.469 e. The van der Waals surface area contributed by atoms with Crippen molar-refractivity contribution in [1.82, 2.24) is 9.78 Å². The molecule has 6 heteroatoms. The van der Waals surface area contributed by atoms with E-state index in [1.807, 2.05) is 0 Å². The highest BCUT2D eigenvalue weighted by atomic mass is 16.5. The quantitative estimate of drug-likeness (QED) is 0.655. The van der Waals surface area contributed by atoms with E-state index in [1.54, 1.807) is 7.05 Å². The molecule has 1 heterocycles. The average molecular weight is 212 g/mol. The first-order valence-corrected chi connectivity index (χ1v) is 4.26. The van der Waals surface area contributed by atoms with E-state index in [-0.39, 0.29) is 12.1 Å². The first-order chi connectivity index (χ1) is 7.10. The molecule has 0 fully saturated rings. The molecule has 0 aromatic carbocycles. The van der Waals surface area contributed by atoms with Crippen molar-refractivity contribution in [3.05, 3.63) is 17.5 Å². The zero-order chi connectivity index (χ0) is 11.4. The van der Waals surface area contributed by atoms with E-state index in [0.717, 1.165) is 0 Å². The van der Waals surface area contributed by atoms with Gasteiger partial charge in [-0.3, -0.25) is 9.48 Å². The molecule has 0 spiro atoms. The van der Waals surface area contributed by atoms with Crippen LogP contribution in [0.2, 0.25) is 0 Å². The standard InChI is InChI=1S/C9H12N2O4/c1-11-8(9(13)15-3)6(5-10-11)4-7(12)14-2/h5H,4H2,1-3H3. The summed E-state index contributed by atoms with van der Waals surface area (Å²) < 4.78 is 10.4. The molecule has 0 saturated heterocycles. The summed E-state index contributed by atoms with van der Waals surface area (Å²) in [6.07, 6.45) is 1.46. The third-order valence-electron chi connectivity index (χ3n) is 1.96. The molecule has 0 amide bonds. The number of ether oxygens (including phenoxy) is 2. The Kier molecular flexibility index (Phi) is 3.43. The summed E-state index contributed by atoms with van der Waals surface area (Å²) in [6.45, 7) is 0. The number of esters is 2. The molecule has 82 valence electrons. The van der Waals surface area contributed by atoms with Crippen molar-refractivity contribution in [3.8, 4) is 0 Å². The van der Waals surface area contributed by atoms with E-state index in [4.69, 9.17) is 0 Å². The minimum absolute atomic E-state index is 0.00870. The predicted octanol–water partition coefficient (Wildman–Crippen LogP) is -0.0778. The van der Waals surface area contributed by atoms with E-state index in [2.05, 4.69) is 14.6 Å². The van der Waals surface area contributed by atoms with Gasteiger partial charge in [0.2, 0.25) is 0 Å². The number of methoxy groups -OCH3 is 2. The van der Waals surface area contributed by atoms with Crippen molar-refractivity contribution in [2.45, 2.75) is 6.42 Å². The first kappa shape index (κ1) is 11.2. The van der Waals surface area contributed by atoms with Crippen LogP contribution in [-0.4, -0.2) is 35.9 Å². The Hall–Kier alpha value is -1.85. The van der Waals surface area contributed by atoms with Crippen LogP contribution in [0.1, 0.15) is 16.1 Å². The van der Waals surface area contributed by atoms with Gasteiger partial charge in [0, 0.05) is 12.6 Å². The third kappa shape index (κ3) is 2.34. The second-order valence-corrected chi connectivity index (χ2v) is 2.89. The Balaban J connectivity index is 2.98. The third-order valence-corrected chi connectivity index (χ3v) is 1.96. The second kappa shape index (κ2) is 4.59. The predicted molar refractivity (Wildman–Crippen MR) is 50.3 cm³/mol. The lowest BCUT2D eigenvalue weighted by Gasteiger charge is -2.02. The molecule has 6 nitrogen and oxygen atoms in total. The van der Waals surface area contributed by atoms with Crippen LogP contribution in [0, 0.1) is 0 Å². The number of nitrogens with zero attached hydrogens (tertiary/aromatic N) is 2. The minimum atomic E-state index is -0.520. The molecule has 1 aromatic heterocycles. The summed E-state index contributed by atoms with van der Waals surface area (Å²) in [5.41, 5.74) is 0.763. The zero-order valence-electron chi connectivity index (χ0n) is 8.81. The smallest absolute Gasteiger partial charge is 0.356 e. The van der Waals surface area contributed by atoms with Crippen molar-refractivity contribution < 1.29 is 19.1 Å². The van der Waals surface area contributed by atoms with E-state index in [1.165, 1.54) is 25.1 Å². The highest BCUT2D eigenvalue weighted by Gasteiger charge is 2.19. The molecule has 0 radical (unpaired) electrons. The number of hydrogen-bond acceptors (Lipinski definition) is 5. The van der Waals surface area contributed by atoms with E-state index < -0.39 is 11.9 Å². The van der Waals surface area contributed by atoms with Crippen LogP contribution in [0.5, 0.6) is 0 Å². The molecule has 0 aliphatic heterocycles. The van der Waals surface area contributed by atoms with Crippen LogP contribution in [0.4, 0.5) is 0 Å². The molecule has 0 saturated carbocycles. The van der Waals surface area contributed by atoms with Crippen molar-refractivity contribution in [2.75, 3.05) is 14.2 Å². The van der Waals surface area contributed by atoms with Crippen molar-refractivity contribution in [3.63, 3.8) is 0 Å². The molecule has 1 rings (SSSR count). The second-order valence-electron chi connectivity index (χ2n) is 2.89. The highest BCUT2D eigenvalue weighted by Crippen LogP contribution is 2.10. The van der Waals surface area contributed by atoms with Gasteiger partial charge in [-0.15, -0.1) is 0 Å². The lowest BCUT2D eigenvalue weighted by Crippen LogP contribution is -2.13. The maximum atomic E-state index is 11.4. The number of aryl methyl sites for hydroxylation is 1. The van der Waals surface area contributed by atoms with Crippen LogP contribution in [0.15, 0.2) is 6.20 Å². The fourth-order valence-corrected chi connectivity index (χ4v) is 1.20. The van der Waals surface area contributed by atoms with Crippen molar-refractivity contribution in [1.29, 1.82) is 0 Å². The van der Waals surface area contributed by atoms with Gasteiger partial charge in [-0.1, -0.05) is 0 Å². The Morgan fingerprint density at radius 1 is 1.40 bits per heavy atom. The summed E-state index contributed by atoms with van der Waals surface area (Å²) in [5.74, 6) is -0.943. The van der Waals surface area contributed by atoms with E-state index in [9.17, 15) is 9.59 Å². The molecule has 0 aliphatic rings. The van der Waals surface area contributed by atoms with Gasteiger partial charge in [0.15, 0.2) is 0 Å². The van der Waals surface area contributed by atoms with Crippen LogP contribution < -0.4 is 0 Å². The van der Waals surface area contributed by atoms with Crippen LogP contribution in [-0.2, 0) is 27.7 Å². The van der Waals surface area contributed by atoms with Crippen LogP contribution >= 0.6 is 0 Å². The summed E-state index contributed by atoms with van der Waals surface area (Å²) in [5, 5.41) is 3.88. The molecule has 0 unspecified atom stereocenters. The molecule has 0 atom stereocenters. The monoisotopic (exact) mass is 212 g/mol. The highest BCUT2D eigenvalue weighted by molar-refractivity contribution is 5.90. The fourth-order valence-electron chi connectivity index (χ4n) is 1.20. The summed E-state index contributed by atoms with van der Waals surface area (Å²) in [6, 6.07) is 0. The summed E-state index contributed by atoms with van der Waals surface area (Å²) in [7, 11) is 4.17. The van der Waals surface area contributed by atoms with Gasteiger partial charge in [-0.2, -0.15) is 5.10 Å². The van der Waals surface area contributed by atoms with Gasteiger partial charge < -0.3 is 9.47 Å². The fraction of sp³-hybridized carbons (Fsp3) is 0.444. The van der Waals surface area contributed by atoms with Crippen molar-refractivity contribution in [2.24, 2.45) is 7.05 Å². The molecule has 0 aliphatic carbocycles. The maximum Gasteiger partial charge on any atom is 0.356 e. The Morgan fingerprint density at radius 2 is 2.07 bits per heavy atom. The van der Waals surface area contributed by atoms with Crippen LogP contribution in [0.25, 0.3) is 0 Å². The number of carbonyl (C=O) groups excluding carboxylic acids is 2. The number of carbonyl (C=O) groups is 2. The normalized spacial score (nSPS) is 9.80. The number of hydrogen-bond donors (Lipinski definition) is 0. The van der Waals surface area contributed by atoms with Crippen LogP contribution in [0.3, 0.4) is 0 Å². The first-order valence-electron chi connectivity index (χ1n) is 4.26. The molecule has 0 bridgehead atoms. The van der Waals surface area contributed by atoms with Crippen molar-refractivity contribution >= 4 is 11.9 Å². The SMILES string of the molecule is COC(=O)Cc1cnn(C)c1C(=O)OC. The van der Waals surface area contributed by atoms with Gasteiger partial charge in [0.25, 0.3) is 0 Å². The lowest BCUT2D eigenvalue weighted by atomic mass is 10.2. The Morgan fingerprint density at radius 3 is 2.60 bits per heavy atom. The summed E-state index contributed by atoms with van der Waals surface area (Å²) >= 11 is 0. The number of rotatable bonds is 3. The average Bonchev–Trinajstić information content (AvgIpc) is 2.58. The summed E-state index contributed by atoms with van der Waals surface area (Å²) in [4.78, 5) is 22.4. The molecular formula is C9H12N2O4. The molecule has 1 aromatic rings. The van der Waals surface area contributed by atoms with Gasteiger partial charge in [-0.25, -0.2) is 4.79 Å². The topological polar surface area (TPSA) is 70.4 Å². The lowest BCUT2D eigenvalue weighted by molar-refractivity contribution is -0.139. The zero-order valence-corrected chi connectivity index (χ0v) is 8.81. The van der Waals surface area contributed by atoms with Gasteiger partial charge >= 0.3 is 11.9 Å². The Labute approximate surface area is 86.8 Å². The molecular weight excluding hydrogens is 200 g/mol. The number of aromatic nitrogens is 2. The Bertz CT molecular complexity index is 383. The van der Waals surface area contributed by atoms with E-state index >= 15 is 0 Å².